The molecule has 1 fully saturated rings. The minimum absolute atomic E-state index is 0.200. The molecule has 0 bridgehead atoms. The van der Waals surface area contributed by atoms with Crippen molar-refractivity contribution in [3.8, 4) is 0 Å². The first-order valence-corrected chi connectivity index (χ1v) is 5.59. The molecule has 1 saturated heterocycles. The lowest BCUT2D eigenvalue weighted by atomic mass is 10.1. The molecule has 1 atom stereocenters. The minimum Gasteiger partial charge on any atom is -0.391 e. The Balaban J connectivity index is 2.10. The maximum Gasteiger partial charge on any atom is 0.128 e. The van der Waals surface area contributed by atoms with Gasteiger partial charge in [0.2, 0.25) is 0 Å². The molecule has 0 radical (unpaired) electrons. The summed E-state index contributed by atoms with van der Waals surface area (Å²) in [6.45, 7) is 1.69. The molecule has 0 spiro atoms. The zero-order valence-electron chi connectivity index (χ0n) is 7.86. The number of aliphatic hydroxyl groups excluding tert-OH is 1. The van der Waals surface area contributed by atoms with Crippen molar-refractivity contribution >= 4 is 21.7 Å². The fourth-order valence-electron chi connectivity index (χ4n) is 1.72. The number of hydrogen-bond acceptors (Lipinski definition) is 3. The van der Waals surface area contributed by atoms with Gasteiger partial charge in [-0.25, -0.2) is 4.98 Å². The second-order valence-corrected chi connectivity index (χ2v) is 4.49. The van der Waals surface area contributed by atoms with Crippen LogP contribution >= 0.6 is 15.9 Å². The van der Waals surface area contributed by atoms with Crippen LogP contribution in [0.3, 0.4) is 0 Å². The number of piperidine rings is 1. The van der Waals surface area contributed by atoms with Gasteiger partial charge in [0.25, 0.3) is 0 Å². The highest BCUT2D eigenvalue weighted by Gasteiger charge is 2.18. The molecule has 76 valence electrons. The molecule has 0 saturated carbocycles. The summed E-state index contributed by atoms with van der Waals surface area (Å²) in [5, 5.41) is 9.52. The van der Waals surface area contributed by atoms with Crippen LogP contribution in [0.4, 0.5) is 5.82 Å². The van der Waals surface area contributed by atoms with Crippen LogP contribution in [0, 0.1) is 0 Å². The van der Waals surface area contributed by atoms with E-state index < -0.39 is 0 Å². The highest BCUT2D eigenvalue weighted by molar-refractivity contribution is 9.10. The van der Waals surface area contributed by atoms with Gasteiger partial charge in [0.1, 0.15) is 5.82 Å². The monoisotopic (exact) mass is 256 g/mol. The molecule has 0 aromatic carbocycles. The predicted octanol–water partition coefficient (Wildman–Crippen LogP) is 1.81. The molecule has 1 aliphatic rings. The lowest BCUT2D eigenvalue weighted by Gasteiger charge is -2.30. The third-order valence-electron chi connectivity index (χ3n) is 2.43. The van der Waals surface area contributed by atoms with Crippen molar-refractivity contribution < 1.29 is 5.11 Å². The van der Waals surface area contributed by atoms with Crippen LogP contribution < -0.4 is 4.90 Å². The maximum absolute atomic E-state index is 9.52. The number of halogens is 1. The lowest BCUT2D eigenvalue weighted by Crippen LogP contribution is -2.38. The first-order chi connectivity index (χ1) is 6.75. The summed E-state index contributed by atoms with van der Waals surface area (Å²) < 4.78 is 0.985. The first kappa shape index (κ1) is 9.93. The average Bonchev–Trinajstić information content (AvgIpc) is 2.19. The average molecular weight is 257 g/mol. The second-order valence-electron chi connectivity index (χ2n) is 3.58. The van der Waals surface area contributed by atoms with E-state index in [1.807, 2.05) is 12.1 Å². The second kappa shape index (κ2) is 4.28. The van der Waals surface area contributed by atoms with Gasteiger partial charge in [0.05, 0.1) is 6.10 Å². The molecule has 1 aliphatic heterocycles. The number of aliphatic hydroxyl groups is 1. The first-order valence-electron chi connectivity index (χ1n) is 4.80. The van der Waals surface area contributed by atoms with E-state index in [0.29, 0.717) is 6.54 Å². The van der Waals surface area contributed by atoms with Gasteiger partial charge in [-0.3, -0.25) is 0 Å². The van der Waals surface area contributed by atoms with Gasteiger partial charge in [-0.1, -0.05) is 0 Å². The zero-order valence-corrected chi connectivity index (χ0v) is 9.44. The highest BCUT2D eigenvalue weighted by atomic mass is 79.9. The summed E-state index contributed by atoms with van der Waals surface area (Å²) in [6, 6.07) is 3.95. The normalized spacial score (nSPS) is 22.4. The highest BCUT2D eigenvalue weighted by Crippen LogP contribution is 2.19. The Hall–Kier alpha value is -0.610. The molecule has 1 unspecified atom stereocenters. The molecule has 1 aromatic rings. The number of aromatic nitrogens is 1. The summed E-state index contributed by atoms with van der Waals surface area (Å²) in [5.41, 5.74) is 0. The molecule has 2 rings (SSSR count). The van der Waals surface area contributed by atoms with Crippen molar-refractivity contribution in [2.45, 2.75) is 18.9 Å². The van der Waals surface area contributed by atoms with Crippen molar-refractivity contribution in [3.05, 3.63) is 22.8 Å². The number of hydrogen-bond donors (Lipinski definition) is 1. The summed E-state index contributed by atoms with van der Waals surface area (Å²) in [7, 11) is 0. The number of β-amino-alcohol motifs (C(OH)–C–C–N with tert-alkyl or cyclic N) is 1. The largest absolute Gasteiger partial charge is 0.391 e. The molecule has 1 N–H and O–H groups in total. The third kappa shape index (κ3) is 2.25. The van der Waals surface area contributed by atoms with Gasteiger partial charge < -0.3 is 10.0 Å². The smallest absolute Gasteiger partial charge is 0.128 e. The van der Waals surface area contributed by atoms with Gasteiger partial charge >= 0.3 is 0 Å². The van der Waals surface area contributed by atoms with Gasteiger partial charge in [-0.15, -0.1) is 0 Å². The van der Waals surface area contributed by atoms with Crippen LogP contribution in [0.15, 0.2) is 22.8 Å². The van der Waals surface area contributed by atoms with Crippen LogP contribution in [0.2, 0.25) is 0 Å². The molecule has 4 heteroatoms. The van der Waals surface area contributed by atoms with Gasteiger partial charge in [0, 0.05) is 23.8 Å². The number of rotatable bonds is 1. The fourth-order valence-corrected chi connectivity index (χ4v) is 1.95. The fraction of sp³-hybridized carbons (Fsp3) is 0.500. The Kier molecular flexibility index (Phi) is 3.03. The van der Waals surface area contributed by atoms with E-state index in [1.54, 1.807) is 6.20 Å². The Labute approximate surface area is 91.9 Å². The molecule has 1 aromatic heterocycles. The summed E-state index contributed by atoms with van der Waals surface area (Å²) in [5.74, 6) is 0.951. The van der Waals surface area contributed by atoms with E-state index in [-0.39, 0.29) is 6.10 Å². The van der Waals surface area contributed by atoms with Crippen molar-refractivity contribution in [1.82, 2.24) is 4.98 Å². The van der Waals surface area contributed by atoms with E-state index in [0.717, 1.165) is 29.7 Å². The Morgan fingerprint density at radius 2 is 2.36 bits per heavy atom. The van der Waals surface area contributed by atoms with E-state index in [2.05, 4.69) is 25.8 Å². The van der Waals surface area contributed by atoms with Crippen molar-refractivity contribution in [3.63, 3.8) is 0 Å². The Morgan fingerprint density at radius 3 is 3.00 bits per heavy atom. The van der Waals surface area contributed by atoms with Crippen LogP contribution in [0.25, 0.3) is 0 Å². The van der Waals surface area contributed by atoms with Gasteiger partial charge in [0.15, 0.2) is 0 Å². The number of pyridine rings is 1. The van der Waals surface area contributed by atoms with Crippen molar-refractivity contribution in [2.24, 2.45) is 0 Å². The lowest BCUT2D eigenvalue weighted by molar-refractivity contribution is 0.154. The van der Waals surface area contributed by atoms with Crippen LogP contribution in [-0.2, 0) is 0 Å². The van der Waals surface area contributed by atoms with Crippen LogP contribution in [0.5, 0.6) is 0 Å². The molecule has 14 heavy (non-hydrogen) atoms. The van der Waals surface area contributed by atoms with E-state index in [9.17, 15) is 5.11 Å². The molecule has 3 nitrogen and oxygen atoms in total. The summed E-state index contributed by atoms with van der Waals surface area (Å²) in [6.07, 6.45) is 3.54. The molecule has 0 amide bonds. The Morgan fingerprint density at radius 1 is 1.50 bits per heavy atom. The van der Waals surface area contributed by atoms with Crippen LogP contribution in [0.1, 0.15) is 12.8 Å². The molecule has 2 heterocycles. The number of nitrogens with zero attached hydrogens (tertiary/aromatic N) is 2. The quantitative estimate of drug-likeness (QED) is 0.833. The standard InChI is InChI=1S/C10H13BrN2O/c11-8-3-4-10(12-6-8)13-5-1-2-9(14)7-13/h3-4,6,9,14H,1-2,5,7H2. The topological polar surface area (TPSA) is 36.4 Å². The summed E-state index contributed by atoms with van der Waals surface area (Å²) >= 11 is 3.35. The molecular formula is C10H13BrN2O. The van der Waals surface area contributed by atoms with Crippen LogP contribution in [-0.4, -0.2) is 29.3 Å². The number of anilines is 1. The van der Waals surface area contributed by atoms with E-state index in [1.165, 1.54) is 0 Å². The SMILES string of the molecule is OC1CCCN(c2ccc(Br)cn2)C1. The minimum atomic E-state index is -0.200. The van der Waals surface area contributed by atoms with Crippen molar-refractivity contribution in [1.29, 1.82) is 0 Å². The Bertz CT molecular complexity index is 301. The summed E-state index contributed by atoms with van der Waals surface area (Å²) in [4.78, 5) is 6.43. The van der Waals surface area contributed by atoms with Gasteiger partial charge in [-0.05, 0) is 40.9 Å². The molecule has 0 aliphatic carbocycles. The predicted molar refractivity (Wildman–Crippen MR) is 59.4 cm³/mol. The van der Waals surface area contributed by atoms with E-state index in [4.69, 9.17) is 0 Å². The zero-order chi connectivity index (χ0) is 9.97. The van der Waals surface area contributed by atoms with Gasteiger partial charge in [-0.2, -0.15) is 0 Å². The maximum atomic E-state index is 9.52. The van der Waals surface area contributed by atoms with Crippen molar-refractivity contribution in [2.75, 3.05) is 18.0 Å². The van der Waals surface area contributed by atoms with E-state index >= 15 is 0 Å². The third-order valence-corrected chi connectivity index (χ3v) is 2.90. The molecular weight excluding hydrogens is 244 g/mol.